The summed E-state index contributed by atoms with van der Waals surface area (Å²) in [6.45, 7) is 1.99. The predicted molar refractivity (Wildman–Crippen MR) is 84.8 cm³/mol. The first kappa shape index (κ1) is 16.8. The van der Waals surface area contributed by atoms with E-state index in [0.29, 0.717) is 10.6 Å². The van der Waals surface area contributed by atoms with Gasteiger partial charge in [-0.2, -0.15) is 0 Å². The van der Waals surface area contributed by atoms with Crippen LogP contribution in [0.5, 0.6) is 5.75 Å². The first-order valence-corrected chi connectivity index (χ1v) is 7.22. The maximum Gasteiger partial charge on any atom is 0.338 e. The number of carbonyl (C=O) groups is 1. The summed E-state index contributed by atoms with van der Waals surface area (Å²) in [5.74, 6) is -0.559. The molecule has 0 heterocycles. The standard InChI is InChI=1S/C16H14ClNO5/c1-2-22-15-8-7-11(9-14(15)18(20)21)16(19)23-10-12-5-3-4-6-13(12)17/h3-9H,2,10H2,1H3. The molecule has 2 rings (SSSR count). The second kappa shape index (κ2) is 7.60. The van der Waals surface area contributed by atoms with Gasteiger partial charge in [-0.15, -0.1) is 0 Å². The number of nitrogens with zero attached hydrogens (tertiary/aromatic N) is 1. The number of ether oxygens (including phenoxy) is 2. The third kappa shape index (κ3) is 4.20. The molecule has 2 aromatic rings. The lowest BCUT2D eigenvalue weighted by atomic mass is 10.2. The van der Waals surface area contributed by atoms with Crippen molar-refractivity contribution in [3.63, 3.8) is 0 Å². The smallest absolute Gasteiger partial charge is 0.338 e. The molecule has 0 bridgehead atoms. The van der Waals surface area contributed by atoms with Gasteiger partial charge in [0.15, 0.2) is 5.75 Å². The van der Waals surface area contributed by atoms with Crippen LogP contribution < -0.4 is 4.74 Å². The summed E-state index contributed by atoms with van der Waals surface area (Å²) in [6.07, 6.45) is 0. The number of esters is 1. The molecule has 0 amide bonds. The number of carbonyl (C=O) groups excluding carboxylic acids is 1. The molecule has 0 radical (unpaired) electrons. The summed E-state index contributed by atoms with van der Waals surface area (Å²) in [6, 6.07) is 10.9. The molecule has 0 atom stereocenters. The average molecular weight is 336 g/mol. The molecule has 0 unspecified atom stereocenters. The molecule has 0 aromatic heterocycles. The van der Waals surface area contributed by atoms with Gasteiger partial charge in [-0.1, -0.05) is 29.8 Å². The van der Waals surface area contributed by atoms with Gasteiger partial charge in [0.1, 0.15) is 6.61 Å². The number of benzene rings is 2. The third-order valence-electron chi connectivity index (χ3n) is 3.01. The van der Waals surface area contributed by atoms with Gasteiger partial charge in [-0.3, -0.25) is 10.1 Å². The lowest BCUT2D eigenvalue weighted by Crippen LogP contribution is -2.07. The Bertz CT molecular complexity index is 732. The van der Waals surface area contributed by atoms with Crippen molar-refractivity contribution in [2.45, 2.75) is 13.5 Å². The van der Waals surface area contributed by atoms with Gasteiger partial charge in [-0.25, -0.2) is 4.79 Å². The van der Waals surface area contributed by atoms with E-state index in [1.165, 1.54) is 12.1 Å². The summed E-state index contributed by atoms with van der Waals surface area (Å²) in [7, 11) is 0. The van der Waals surface area contributed by atoms with Crippen molar-refractivity contribution in [1.82, 2.24) is 0 Å². The highest BCUT2D eigenvalue weighted by atomic mass is 35.5. The van der Waals surface area contributed by atoms with Gasteiger partial charge in [0.25, 0.3) is 0 Å². The first-order chi connectivity index (χ1) is 11.0. The van der Waals surface area contributed by atoms with Gasteiger partial charge >= 0.3 is 11.7 Å². The van der Waals surface area contributed by atoms with Crippen molar-refractivity contribution in [1.29, 1.82) is 0 Å². The normalized spacial score (nSPS) is 10.2. The summed E-state index contributed by atoms with van der Waals surface area (Å²) >= 11 is 5.98. The number of hydrogen-bond donors (Lipinski definition) is 0. The number of hydrogen-bond acceptors (Lipinski definition) is 5. The molecule has 0 spiro atoms. The molecule has 0 saturated carbocycles. The highest BCUT2D eigenvalue weighted by molar-refractivity contribution is 6.31. The van der Waals surface area contributed by atoms with E-state index >= 15 is 0 Å². The van der Waals surface area contributed by atoms with E-state index < -0.39 is 10.9 Å². The van der Waals surface area contributed by atoms with Crippen LogP contribution in [0.1, 0.15) is 22.8 Å². The van der Waals surface area contributed by atoms with Crippen LogP contribution in [0.15, 0.2) is 42.5 Å². The zero-order valence-corrected chi connectivity index (χ0v) is 13.1. The number of halogens is 1. The Kier molecular flexibility index (Phi) is 5.54. The van der Waals surface area contributed by atoms with E-state index in [2.05, 4.69) is 0 Å². The fourth-order valence-electron chi connectivity index (χ4n) is 1.91. The number of rotatable bonds is 6. The number of nitro groups is 1. The summed E-state index contributed by atoms with van der Waals surface area (Å²) < 4.78 is 10.3. The molecule has 7 heteroatoms. The van der Waals surface area contributed by atoms with Crippen molar-refractivity contribution in [3.8, 4) is 5.75 Å². The Morgan fingerprint density at radius 3 is 2.65 bits per heavy atom. The Balaban J connectivity index is 2.15. The summed E-state index contributed by atoms with van der Waals surface area (Å²) in [5.41, 5.74) is 0.453. The minimum absolute atomic E-state index is 0.0144. The van der Waals surface area contributed by atoms with Crippen LogP contribution >= 0.6 is 11.6 Å². The predicted octanol–water partition coefficient (Wildman–Crippen LogP) is 4.00. The van der Waals surface area contributed by atoms with Gasteiger partial charge in [0, 0.05) is 16.7 Å². The van der Waals surface area contributed by atoms with Crippen molar-refractivity contribution >= 4 is 23.3 Å². The zero-order valence-electron chi connectivity index (χ0n) is 12.3. The van der Waals surface area contributed by atoms with E-state index in [0.717, 1.165) is 6.07 Å². The summed E-state index contributed by atoms with van der Waals surface area (Å²) in [5, 5.41) is 11.5. The second-order valence-corrected chi connectivity index (χ2v) is 4.95. The van der Waals surface area contributed by atoms with Gasteiger partial charge < -0.3 is 9.47 Å². The van der Waals surface area contributed by atoms with Crippen molar-refractivity contribution in [3.05, 3.63) is 68.7 Å². The van der Waals surface area contributed by atoms with Gasteiger partial charge in [0.05, 0.1) is 17.1 Å². The van der Waals surface area contributed by atoms with E-state index in [1.54, 1.807) is 31.2 Å². The van der Waals surface area contributed by atoms with Crippen molar-refractivity contribution in [2.75, 3.05) is 6.61 Å². The van der Waals surface area contributed by atoms with Crippen LogP contribution in [0, 0.1) is 10.1 Å². The monoisotopic (exact) mass is 335 g/mol. The second-order valence-electron chi connectivity index (χ2n) is 4.54. The first-order valence-electron chi connectivity index (χ1n) is 6.84. The van der Waals surface area contributed by atoms with Crippen LogP contribution in [0.4, 0.5) is 5.69 Å². The van der Waals surface area contributed by atoms with E-state index in [1.807, 2.05) is 0 Å². The van der Waals surface area contributed by atoms with Gasteiger partial charge in [0.2, 0.25) is 0 Å². The molecular formula is C16H14ClNO5. The number of nitro benzene ring substituents is 1. The largest absolute Gasteiger partial charge is 0.487 e. The molecule has 0 N–H and O–H groups in total. The quantitative estimate of drug-likeness (QED) is 0.453. The minimum Gasteiger partial charge on any atom is -0.487 e. The molecule has 23 heavy (non-hydrogen) atoms. The molecule has 120 valence electrons. The molecule has 0 aliphatic heterocycles. The minimum atomic E-state index is -0.670. The molecule has 6 nitrogen and oxygen atoms in total. The highest BCUT2D eigenvalue weighted by Crippen LogP contribution is 2.28. The van der Waals surface area contributed by atoms with Crippen LogP contribution in [0.2, 0.25) is 5.02 Å². The maximum atomic E-state index is 12.0. The van der Waals surface area contributed by atoms with Crippen molar-refractivity contribution in [2.24, 2.45) is 0 Å². The van der Waals surface area contributed by atoms with Crippen LogP contribution in [-0.4, -0.2) is 17.5 Å². The Morgan fingerprint density at radius 2 is 2.00 bits per heavy atom. The van der Waals surface area contributed by atoms with Crippen LogP contribution in [0.25, 0.3) is 0 Å². The molecular weight excluding hydrogens is 322 g/mol. The molecule has 0 saturated heterocycles. The van der Waals surface area contributed by atoms with Crippen LogP contribution in [-0.2, 0) is 11.3 Å². The fraction of sp³-hybridized carbons (Fsp3) is 0.188. The lowest BCUT2D eigenvalue weighted by molar-refractivity contribution is -0.385. The van der Waals surface area contributed by atoms with Gasteiger partial charge in [-0.05, 0) is 25.1 Å². The van der Waals surface area contributed by atoms with E-state index in [9.17, 15) is 14.9 Å². The molecule has 0 aliphatic rings. The van der Waals surface area contributed by atoms with Crippen molar-refractivity contribution < 1.29 is 19.2 Å². The van der Waals surface area contributed by atoms with Crippen LogP contribution in [0.3, 0.4) is 0 Å². The molecule has 0 aliphatic carbocycles. The Morgan fingerprint density at radius 1 is 1.26 bits per heavy atom. The highest BCUT2D eigenvalue weighted by Gasteiger charge is 2.19. The maximum absolute atomic E-state index is 12.0. The Hall–Kier alpha value is -2.60. The van der Waals surface area contributed by atoms with E-state index in [-0.39, 0.29) is 30.2 Å². The summed E-state index contributed by atoms with van der Waals surface area (Å²) in [4.78, 5) is 22.5. The lowest BCUT2D eigenvalue weighted by Gasteiger charge is -2.08. The van der Waals surface area contributed by atoms with E-state index in [4.69, 9.17) is 21.1 Å². The Labute approximate surface area is 137 Å². The molecule has 2 aromatic carbocycles. The SMILES string of the molecule is CCOc1ccc(C(=O)OCc2ccccc2Cl)cc1[N+](=O)[O-]. The third-order valence-corrected chi connectivity index (χ3v) is 3.38. The average Bonchev–Trinajstić information content (AvgIpc) is 2.54. The topological polar surface area (TPSA) is 78.7 Å². The zero-order chi connectivity index (χ0) is 16.8. The fourth-order valence-corrected chi connectivity index (χ4v) is 2.10. The molecule has 0 fully saturated rings.